The molecule has 0 saturated carbocycles. The fourth-order valence-corrected chi connectivity index (χ4v) is 2.41. The maximum Gasteiger partial charge on any atom is 0.326 e. The molecule has 0 fully saturated rings. The molecule has 0 radical (unpaired) electrons. The number of nitrogens with zero attached hydrogens (tertiary/aromatic N) is 3. The molecule has 1 amide bonds. The van der Waals surface area contributed by atoms with Gasteiger partial charge in [-0.3, -0.25) is 4.79 Å². The maximum absolute atomic E-state index is 12.2. The van der Waals surface area contributed by atoms with Crippen LogP contribution in [0.4, 0.5) is 0 Å². The summed E-state index contributed by atoms with van der Waals surface area (Å²) in [5, 5.41) is 16.1. The molecule has 0 aliphatic carbocycles. The van der Waals surface area contributed by atoms with Crippen LogP contribution in [0.15, 0.2) is 24.4 Å². The molecular weight excluding hydrogens is 308 g/mol. The molecule has 0 aliphatic rings. The second-order valence-electron chi connectivity index (χ2n) is 5.75. The van der Waals surface area contributed by atoms with Crippen LogP contribution in [0.1, 0.15) is 47.9 Å². The van der Waals surface area contributed by atoms with Gasteiger partial charge in [-0.25, -0.2) is 14.5 Å². The van der Waals surface area contributed by atoms with Gasteiger partial charge in [0.2, 0.25) is 0 Å². The highest BCUT2D eigenvalue weighted by Crippen LogP contribution is 2.11. The summed E-state index contributed by atoms with van der Waals surface area (Å²) >= 11 is 0. The van der Waals surface area contributed by atoms with Gasteiger partial charge in [-0.1, -0.05) is 19.8 Å². The van der Waals surface area contributed by atoms with Gasteiger partial charge in [-0.05, 0) is 38.5 Å². The van der Waals surface area contributed by atoms with E-state index in [0.717, 1.165) is 24.2 Å². The van der Waals surface area contributed by atoms with E-state index in [-0.39, 0.29) is 0 Å². The van der Waals surface area contributed by atoms with E-state index in [9.17, 15) is 14.7 Å². The molecule has 0 aliphatic heterocycles. The van der Waals surface area contributed by atoms with Crippen molar-refractivity contribution in [1.29, 1.82) is 0 Å². The van der Waals surface area contributed by atoms with E-state index in [4.69, 9.17) is 0 Å². The van der Waals surface area contributed by atoms with Crippen LogP contribution >= 0.6 is 0 Å². The Morgan fingerprint density at radius 1 is 1.33 bits per heavy atom. The first-order valence-electron chi connectivity index (χ1n) is 7.95. The fourth-order valence-electron chi connectivity index (χ4n) is 2.41. The lowest BCUT2D eigenvalue weighted by Crippen LogP contribution is -2.40. The Kier molecular flexibility index (Phi) is 5.68. The first-order valence-corrected chi connectivity index (χ1v) is 7.95. The number of rotatable bonds is 7. The van der Waals surface area contributed by atoms with Crippen LogP contribution in [0.3, 0.4) is 0 Å². The summed E-state index contributed by atoms with van der Waals surface area (Å²) in [6.07, 6.45) is 3.46. The second-order valence-corrected chi connectivity index (χ2v) is 5.75. The Balaban J connectivity index is 2.10. The molecule has 7 nitrogen and oxygen atoms in total. The summed E-state index contributed by atoms with van der Waals surface area (Å²) in [5.41, 5.74) is 2.15. The Morgan fingerprint density at radius 3 is 2.58 bits per heavy atom. The molecule has 2 rings (SSSR count). The number of aliphatic carboxylic acids is 1. The quantitative estimate of drug-likeness (QED) is 0.811. The van der Waals surface area contributed by atoms with Gasteiger partial charge in [0.25, 0.3) is 5.91 Å². The monoisotopic (exact) mass is 330 g/mol. The molecule has 128 valence electrons. The summed E-state index contributed by atoms with van der Waals surface area (Å²) in [6.45, 7) is 5.80. The number of carboxylic acids is 1. The van der Waals surface area contributed by atoms with Gasteiger partial charge in [-0.2, -0.15) is 5.10 Å². The van der Waals surface area contributed by atoms with Gasteiger partial charge in [0.05, 0.1) is 11.3 Å². The van der Waals surface area contributed by atoms with E-state index in [1.807, 2.05) is 26.8 Å². The number of aromatic nitrogens is 3. The lowest BCUT2D eigenvalue weighted by molar-refractivity contribution is -0.139. The lowest BCUT2D eigenvalue weighted by Gasteiger charge is -2.14. The van der Waals surface area contributed by atoms with Crippen LogP contribution in [0, 0.1) is 13.8 Å². The first-order chi connectivity index (χ1) is 11.4. The number of pyridine rings is 1. The topological polar surface area (TPSA) is 97.1 Å². The molecule has 24 heavy (non-hydrogen) atoms. The minimum Gasteiger partial charge on any atom is -0.480 e. The molecule has 2 N–H and O–H groups in total. The minimum absolute atomic E-state index is 0.322. The molecule has 2 heterocycles. The zero-order valence-corrected chi connectivity index (χ0v) is 14.1. The van der Waals surface area contributed by atoms with Crippen LogP contribution in [0.5, 0.6) is 0 Å². The summed E-state index contributed by atoms with van der Waals surface area (Å²) in [5.74, 6) is -0.854. The molecule has 0 bridgehead atoms. The van der Waals surface area contributed by atoms with Gasteiger partial charge in [0.15, 0.2) is 5.82 Å². The Bertz CT molecular complexity index is 722. The van der Waals surface area contributed by atoms with E-state index in [2.05, 4.69) is 15.4 Å². The zero-order chi connectivity index (χ0) is 17.7. The summed E-state index contributed by atoms with van der Waals surface area (Å²) in [4.78, 5) is 27.7. The average Bonchev–Trinajstić information content (AvgIpc) is 2.89. The van der Waals surface area contributed by atoms with Crippen LogP contribution in [0.2, 0.25) is 0 Å². The summed E-state index contributed by atoms with van der Waals surface area (Å²) in [7, 11) is 0. The van der Waals surface area contributed by atoms with Crippen molar-refractivity contribution in [3.05, 3.63) is 41.3 Å². The largest absolute Gasteiger partial charge is 0.480 e. The molecule has 2 aromatic heterocycles. The summed E-state index contributed by atoms with van der Waals surface area (Å²) in [6, 6.07) is 4.37. The molecule has 1 unspecified atom stereocenters. The number of carboxylic acid groups (broad SMARTS) is 1. The highest BCUT2D eigenvalue weighted by molar-refractivity contribution is 5.96. The summed E-state index contributed by atoms with van der Waals surface area (Å²) < 4.78 is 1.69. The Labute approximate surface area is 140 Å². The van der Waals surface area contributed by atoms with E-state index in [0.29, 0.717) is 17.8 Å². The van der Waals surface area contributed by atoms with Gasteiger partial charge in [-0.15, -0.1) is 0 Å². The SMILES string of the molecule is CCCCC(NC(=O)c1ccc(-n2nc(C)cc2C)nc1)C(=O)O. The van der Waals surface area contributed by atoms with Crippen LogP contribution in [-0.2, 0) is 4.79 Å². The van der Waals surface area contributed by atoms with Crippen LogP contribution < -0.4 is 5.32 Å². The van der Waals surface area contributed by atoms with Crippen LogP contribution in [-0.4, -0.2) is 37.8 Å². The van der Waals surface area contributed by atoms with E-state index in [1.165, 1.54) is 6.20 Å². The van der Waals surface area contributed by atoms with Crippen molar-refractivity contribution in [2.45, 2.75) is 46.1 Å². The third kappa shape index (κ3) is 4.18. The number of unbranched alkanes of at least 4 members (excludes halogenated alkanes) is 1. The molecule has 0 saturated heterocycles. The van der Waals surface area contributed by atoms with Gasteiger partial charge < -0.3 is 10.4 Å². The van der Waals surface area contributed by atoms with Gasteiger partial charge >= 0.3 is 5.97 Å². The predicted molar refractivity (Wildman–Crippen MR) is 89.2 cm³/mol. The Hall–Kier alpha value is -2.70. The maximum atomic E-state index is 12.2. The van der Waals surface area contributed by atoms with Crippen molar-refractivity contribution in [3.8, 4) is 5.82 Å². The Morgan fingerprint density at radius 2 is 2.08 bits per heavy atom. The number of nitrogens with one attached hydrogen (secondary N) is 1. The van der Waals surface area contributed by atoms with E-state index >= 15 is 0 Å². The van der Waals surface area contributed by atoms with Crippen molar-refractivity contribution >= 4 is 11.9 Å². The third-order valence-electron chi connectivity index (χ3n) is 3.69. The molecule has 0 spiro atoms. The fraction of sp³-hybridized carbons (Fsp3) is 0.412. The van der Waals surface area contributed by atoms with Gasteiger partial charge in [0.1, 0.15) is 6.04 Å². The number of amides is 1. The van der Waals surface area contributed by atoms with E-state index < -0.39 is 17.9 Å². The lowest BCUT2D eigenvalue weighted by atomic mass is 10.1. The molecule has 0 aromatic carbocycles. The van der Waals surface area contributed by atoms with Crippen molar-refractivity contribution < 1.29 is 14.7 Å². The molecule has 1 atom stereocenters. The number of hydrogen-bond donors (Lipinski definition) is 2. The van der Waals surface area contributed by atoms with Crippen molar-refractivity contribution in [3.63, 3.8) is 0 Å². The van der Waals surface area contributed by atoms with Crippen LogP contribution in [0.25, 0.3) is 5.82 Å². The average molecular weight is 330 g/mol. The highest BCUT2D eigenvalue weighted by Gasteiger charge is 2.20. The molecular formula is C17H22N4O3. The van der Waals surface area contributed by atoms with Gasteiger partial charge in [0, 0.05) is 11.9 Å². The number of aryl methyl sites for hydroxylation is 2. The number of carbonyl (C=O) groups excluding carboxylic acids is 1. The van der Waals surface area contributed by atoms with Crippen molar-refractivity contribution in [1.82, 2.24) is 20.1 Å². The van der Waals surface area contributed by atoms with E-state index in [1.54, 1.807) is 16.8 Å². The zero-order valence-electron chi connectivity index (χ0n) is 14.1. The molecule has 2 aromatic rings. The van der Waals surface area contributed by atoms with Crippen molar-refractivity contribution in [2.75, 3.05) is 0 Å². The standard InChI is InChI=1S/C17H22N4O3/c1-4-5-6-14(17(23)24)19-16(22)13-7-8-15(18-10-13)21-12(3)9-11(2)20-21/h7-10,14H,4-6H2,1-3H3,(H,19,22)(H,23,24). The predicted octanol–water partition coefficient (Wildman–Crippen LogP) is 2.26. The highest BCUT2D eigenvalue weighted by atomic mass is 16.4. The van der Waals surface area contributed by atoms with Crippen molar-refractivity contribution in [2.24, 2.45) is 0 Å². The minimum atomic E-state index is -1.02. The third-order valence-corrected chi connectivity index (χ3v) is 3.69. The first kappa shape index (κ1) is 17.7. The molecule has 7 heteroatoms. The second kappa shape index (κ2) is 7.72. The smallest absolute Gasteiger partial charge is 0.326 e. The normalized spacial score (nSPS) is 12.0. The number of hydrogen-bond acceptors (Lipinski definition) is 4. The number of carbonyl (C=O) groups is 2.